The molecule has 5 heteroatoms. The number of rotatable bonds is 5. The van der Waals surface area contributed by atoms with Gasteiger partial charge in [0, 0.05) is 6.54 Å². The quantitative estimate of drug-likeness (QED) is 0.866. The first-order valence-electron chi connectivity index (χ1n) is 10.7. The molecule has 4 saturated carbocycles. The van der Waals surface area contributed by atoms with E-state index in [2.05, 4.69) is 10.3 Å². The maximum absolute atomic E-state index is 12.7. The number of aryl methyl sites for hydroxylation is 1. The van der Waals surface area contributed by atoms with Crippen LogP contribution < -0.4 is 10.9 Å². The molecule has 28 heavy (non-hydrogen) atoms. The summed E-state index contributed by atoms with van der Waals surface area (Å²) in [5.74, 6) is 3.30. The van der Waals surface area contributed by atoms with Gasteiger partial charge in [-0.1, -0.05) is 12.1 Å². The van der Waals surface area contributed by atoms with E-state index in [0.29, 0.717) is 22.1 Å². The number of para-hydroxylation sites is 1. The van der Waals surface area contributed by atoms with Crippen LogP contribution in [-0.4, -0.2) is 22.0 Å². The summed E-state index contributed by atoms with van der Waals surface area (Å²) in [6.07, 6.45) is 9.52. The summed E-state index contributed by atoms with van der Waals surface area (Å²) in [5.41, 5.74) is 1.02. The van der Waals surface area contributed by atoms with Crippen LogP contribution in [0.25, 0.3) is 10.9 Å². The lowest BCUT2D eigenvalue weighted by Gasteiger charge is -2.57. The Balaban J connectivity index is 1.23. The molecule has 0 spiro atoms. The third-order valence-corrected chi connectivity index (χ3v) is 7.50. The van der Waals surface area contributed by atoms with E-state index < -0.39 is 0 Å². The number of nitrogens with one attached hydrogen (secondary N) is 1. The lowest BCUT2D eigenvalue weighted by atomic mass is 9.49. The minimum atomic E-state index is -0.140. The van der Waals surface area contributed by atoms with Crippen molar-refractivity contribution in [1.29, 1.82) is 0 Å². The monoisotopic (exact) mass is 379 g/mol. The SMILES string of the molecule is Cc1nc2ccccc2c(=O)n1CC(=O)NCCC12CC3CC(CC(C3)C1)C2. The van der Waals surface area contributed by atoms with Gasteiger partial charge in [0.05, 0.1) is 10.9 Å². The summed E-state index contributed by atoms with van der Waals surface area (Å²) in [7, 11) is 0. The van der Waals surface area contributed by atoms with Crippen LogP contribution >= 0.6 is 0 Å². The Labute approximate surface area is 165 Å². The highest BCUT2D eigenvalue weighted by molar-refractivity contribution is 5.79. The predicted octanol–water partition coefficient (Wildman–Crippen LogP) is 3.43. The smallest absolute Gasteiger partial charge is 0.261 e. The summed E-state index contributed by atoms with van der Waals surface area (Å²) in [6, 6.07) is 7.30. The molecule has 0 saturated heterocycles. The molecule has 148 valence electrons. The minimum absolute atomic E-state index is 0.0450. The average Bonchev–Trinajstić information content (AvgIpc) is 2.64. The van der Waals surface area contributed by atoms with Crippen LogP contribution in [0.2, 0.25) is 0 Å². The van der Waals surface area contributed by atoms with E-state index in [9.17, 15) is 9.59 Å². The third kappa shape index (κ3) is 3.15. The summed E-state index contributed by atoms with van der Waals surface area (Å²) in [4.78, 5) is 29.8. The van der Waals surface area contributed by atoms with Gasteiger partial charge in [0.1, 0.15) is 12.4 Å². The second-order valence-electron chi connectivity index (χ2n) is 9.58. The molecule has 4 bridgehead atoms. The Bertz CT molecular complexity index is 942. The Kier molecular flexibility index (Phi) is 4.29. The van der Waals surface area contributed by atoms with Crippen molar-refractivity contribution >= 4 is 16.8 Å². The van der Waals surface area contributed by atoms with E-state index in [0.717, 1.165) is 30.7 Å². The van der Waals surface area contributed by atoms with Gasteiger partial charge in [-0.3, -0.25) is 14.2 Å². The first-order chi connectivity index (χ1) is 13.5. The fraction of sp³-hybridized carbons (Fsp3) is 0.609. The molecule has 0 radical (unpaired) electrons. The van der Waals surface area contributed by atoms with E-state index in [-0.39, 0.29) is 18.0 Å². The highest BCUT2D eigenvalue weighted by Crippen LogP contribution is 2.61. The van der Waals surface area contributed by atoms with Crippen molar-refractivity contribution in [3.63, 3.8) is 0 Å². The molecule has 4 fully saturated rings. The van der Waals surface area contributed by atoms with Crippen molar-refractivity contribution in [2.45, 2.75) is 58.4 Å². The minimum Gasteiger partial charge on any atom is -0.355 e. The van der Waals surface area contributed by atoms with E-state index in [1.807, 2.05) is 18.2 Å². The van der Waals surface area contributed by atoms with Gasteiger partial charge >= 0.3 is 0 Å². The van der Waals surface area contributed by atoms with Gasteiger partial charge in [-0.25, -0.2) is 4.98 Å². The van der Waals surface area contributed by atoms with Gasteiger partial charge in [-0.2, -0.15) is 0 Å². The van der Waals surface area contributed by atoms with Gasteiger partial charge in [-0.15, -0.1) is 0 Å². The third-order valence-electron chi connectivity index (χ3n) is 7.50. The number of amides is 1. The molecule has 1 amide bonds. The van der Waals surface area contributed by atoms with Crippen LogP contribution in [0.4, 0.5) is 0 Å². The topological polar surface area (TPSA) is 64.0 Å². The molecule has 1 N–H and O–H groups in total. The normalized spacial score (nSPS) is 30.7. The first kappa shape index (κ1) is 17.9. The van der Waals surface area contributed by atoms with Crippen molar-refractivity contribution < 1.29 is 4.79 Å². The molecular weight excluding hydrogens is 350 g/mol. The summed E-state index contributed by atoms with van der Waals surface area (Å²) < 4.78 is 1.49. The molecule has 1 aromatic carbocycles. The molecule has 0 unspecified atom stereocenters. The van der Waals surface area contributed by atoms with E-state index in [1.165, 1.54) is 43.1 Å². The number of benzene rings is 1. The molecule has 4 aliphatic rings. The van der Waals surface area contributed by atoms with E-state index in [1.54, 1.807) is 13.0 Å². The highest BCUT2D eigenvalue weighted by Gasteiger charge is 2.50. The summed E-state index contributed by atoms with van der Waals surface area (Å²) in [6.45, 7) is 2.56. The van der Waals surface area contributed by atoms with Crippen LogP contribution in [0.1, 0.15) is 50.8 Å². The van der Waals surface area contributed by atoms with Gasteiger partial charge in [-0.05, 0) is 87.2 Å². The summed E-state index contributed by atoms with van der Waals surface area (Å²) >= 11 is 0. The van der Waals surface area contributed by atoms with Crippen molar-refractivity contribution in [3.05, 3.63) is 40.4 Å². The number of hydrogen-bond acceptors (Lipinski definition) is 3. The van der Waals surface area contributed by atoms with E-state index >= 15 is 0 Å². The first-order valence-corrected chi connectivity index (χ1v) is 10.7. The van der Waals surface area contributed by atoms with Gasteiger partial charge in [0.2, 0.25) is 5.91 Å². The lowest BCUT2D eigenvalue weighted by Crippen LogP contribution is -2.47. The average molecular weight is 380 g/mol. The maximum Gasteiger partial charge on any atom is 0.261 e. The van der Waals surface area contributed by atoms with Gasteiger partial charge in [0.25, 0.3) is 5.56 Å². The number of carbonyl (C=O) groups excluding carboxylic acids is 1. The van der Waals surface area contributed by atoms with Crippen LogP contribution in [0.3, 0.4) is 0 Å². The maximum atomic E-state index is 12.7. The molecule has 0 atom stereocenters. The Morgan fingerprint density at radius 1 is 1.14 bits per heavy atom. The molecule has 5 nitrogen and oxygen atoms in total. The predicted molar refractivity (Wildman–Crippen MR) is 109 cm³/mol. The summed E-state index contributed by atoms with van der Waals surface area (Å²) in [5, 5.41) is 3.65. The standard InChI is InChI=1S/C23H29N3O2/c1-15-25-20-5-3-2-4-19(20)22(28)26(15)14-21(27)24-7-6-23-11-16-8-17(12-23)10-18(9-16)13-23/h2-5,16-18H,6-14H2,1H3,(H,24,27). The number of aromatic nitrogens is 2. The molecule has 4 aliphatic carbocycles. The molecular formula is C23H29N3O2. The fourth-order valence-corrected chi connectivity index (χ4v) is 6.73. The second-order valence-corrected chi connectivity index (χ2v) is 9.58. The zero-order valence-electron chi connectivity index (χ0n) is 16.6. The zero-order chi connectivity index (χ0) is 19.3. The molecule has 1 aromatic heterocycles. The van der Waals surface area contributed by atoms with Crippen LogP contribution in [0, 0.1) is 30.1 Å². The lowest BCUT2D eigenvalue weighted by molar-refractivity contribution is -0.122. The van der Waals surface area contributed by atoms with Crippen molar-refractivity contribution in [2.75, 3.05) is 6.54 Å². The molecule has 6 rings (SSSR count). The van der Waals surface area contributed by atoms with Gasteiger partial charge in [0.15, 0.2) is 0 Å². The number of hydrogen-bond donors (Lipinski definition) is 1. The Morgan fingerprint density at radius 3 is 2.46 bits per heavy atom. The van der Waals surface area contributed by atoms with Crippen molar-refractivity contribution in [3.8, 4) is 0 Å². The van der Waals surface area contributed by atoms with Crippen LogP contribution in [0.15, 0.2) is 29.1 Å². The Morgan fingerprint density at radius 2 is 1.79 bits per heavy atom. The van der Waals surface area contributed by atoms with Crippen LogP contribution in [0.5, 0.6) is 0 Å². The number of nitrogens with zero attached hydrogens (tertiary/aromatic N) is 2. The molecule has 1 heterocycles. The second kappa shape index (κ2) is 6.71. The fourth-order valence-electron chi connectivity index (χ4n) is 6.73. The largest absolute Gasteiger partial charge is 0.355 e. The number of fused-ring (bicyclic) bond motifs is 1. The highest BCUT2D eigenvalue weighted by atomic mass is 16.2. The van der Waals surface area contributed by atoms with Crippen molar-refractivity contribution in [2.24, 2.45) is 23.2 Å². The van der Waals surface area contributed by atoms with Crippen LogP contribution in [-0.2, 0) is 11.3 Å². The van der Waals surface area contributed by atoms with E-state index in [4.69, 9.17) is 0 Å². The number of carbonyl (C=O) groups is 1. The molecule has 0 aliphatic heterocycles. The van der Waals surface area contributed by atoms with Gasteiger partial charge < -0.3 is 5.32 Å². The zero-order valence-corrected chi connectivity index (χ0v) is 16.6. The van der Waals surface area contributed by atoms with Crippen molar-refractivity contribution in [1.82, 2.24) is 14.9 Å². The molecule has 2 aromatic rings. The Hall–Kier alpha value is -2.17.